The molecule has 4 aromatic rings. The van der Waals surface area contributed by atoms with Gasteiger partial charge >= 0.3 is 0 Å². The van der Waals surface area contributed by atoms with E-state index < -0.39 is 10.0 Å². The van der Waals surface area contributed by atoms with Crippen LogP contribution < -0.4 is 4.73 Å². The van der Waals surface area contributed by atoms with E-state index in [4.69, 9.17) is 11.6 Å². The molecule has 0 aliphatic carbocycles. The molecule has 1 fully saturated rings. The molecule has 0 bridgehead atoms. The van der Waals surface area contributed by atoms with Crippen LogP contribution in [0.15, 0.2) is 71.9 Å². The van der Waals surface area contributed by atoms with Crippen LogP contribution in [0.25, 0.3) is 21.3 Å². The topological polar surface area (TPSA) is 97.5 Å². The molecule has 11 heteroatoms. The van der Waals surface area contributed by atoms with Gasteiger partial charge in [-0.05, 0) is 41.1 Å². The zero-order chi connectivity index (χ0) is 23.9. The Morgan fingerprint density at radius 1 is 1.03 bits per heavy atom. The highest BCUT2D eigenvalue weighted by Crippen LogP contribution is 2.27. The Kier molecular flexibility index (Phi) is 5.98. The van der Waals surface area contributed by atoms with E-state index in [1.165, 1.54) is 16.7 Å². The first-order valence-corrected chi connectivity index (χ1v) is 13.1. The number of sulfonamides is 1. The first-order valence-electron chi connectivity index (χ1n) is 10.5. The zero-order valence-electron chi connectivity index (χ0n) is 17.8. The number of piperazine rings is 1. The average molecular weight is 515 g/mol. The lowest BCUT2D eigenvalue weighted by Crippen LogP contribution is -2.50. The van der Waals surface area contributed by atoms with E-state index in [0.29, 0.717) is 15.6 Å². The summed E-state index contributed by atoms with van der Waals surface area (Å²) < 4.78 is 28.5. The summed E-state index contributed by atoms with van der Waals surface area (Å²) in [7, 11) is -3.70. The van der Waals surface area contributed by atoms with Crippen molar-refractivity contribution in [3.63, 3.8) is 0 Å². The van der Waals surface area contributed by atoms with E-state index in [0.717, 1.165) is 26.8 Å². The van der Waals surface area contributed by atoms with Crippen molar-refractivity contribution in [2.45, 2.75) is 4.90 Å². The van der Waals surface area contributed by atoms with Gasteiger partial charge in [-0.2, -0.15) is 9.04 Å². The lowest BCUT2D eigenvalue weighted by atomic mass is 10.1. The summed E-state index contributed by atoms with van der Waals surface area (Å²) in [6.07, 6.45) is 2.90. The molecule has 0 unspecified atom stereocenters. The molecule has 1 saturated heterocycles. The molecular weight excluding hydrogens is 496 g/mol. The van der Waals surface area contributed by atoms with E-state index >= 15 is 0 Å². The number of pyridine rings is 1. The van der Waals surface area contributed by atoms with Crippen molar-refractivity contribution >= 4 is 49.6 Å². The maximum absolute atomic E-state index is 13.2. The zero-order valence-corrected chi connectivity index (χ0v) is 20.2. The minimum Gasteiger partial charge on any atom is -0.618 e. The third kappa shape index (κ3) is 4.25. The molecule has 5 rings (SSSR count). The predicted octanol–water partition coefficient (Wildman–Crippen LogP) is 3.40. The summed E-state index contributed by atoms with van der Waals surface area (Å²) in [5.74, 6) is -0.274. The molecule has 0 N–H and O–H groups in total. The molecule has 1 aliphatic heterocycles. The van der Waals surface area contributed by atoms with Gasteiger partial charge in [0.2, 0.25) is 15.7 Å². The van der Waals surface area contributed by atoms with E-state index in [-0.39, 0.29) is 42.0 Å². The molecule has 8 nitrogen and oxygen atoms in total. The monoisotopic (exact) mass is 514 g/mol. The van der Waals surface area contributed by atoms with Crippen LogP contribution in [0, 0.1) is 5.21 Å². The smallest absolute Gasteiger partial charge is 0.282 e. The van der Waals surface area contributed by atoms with Gasteiger partial charge < -0.3 is 10.1 Å². The Labute approximate surface area is 205 Å². The van der Waals surface area contributed by atoms with Gasteiger partial charge in [-0.3, -0.25) is 4.79 Å². The number of fused-ring (bicyclic) bond motifs is 1. The van der Waals surface area contributed by atoms with Gasteiger partial charge in [-0.15, -0.1) is 11.3 Å². The SMILES string of the molecule is O=C(c1ncc(-c2cccc[n+]2[O-])s1)N1CCN(S(=O)(=O)c2ccc3cc(Cl)ccc3c2)CC1. The second-order valence-corrected chi connectivity index (χ2v) is 11.2. The number of hydrogen-bond donors (Lipinski definition) is 0. The molecule has 174 valence electrons. The molecule has 1 aliphatic rings. The molecule has 0 radical (unpaired) electrons. The van der Waals surface area contributed by atoms with Crippen molar-refractivity contribution in [2.75, 3.05) is 26.2 Å². The molecule has 3 heterocycles. The number of nitrogens with zero attached hydrogens (tertiary/aromatic N) is 4. The fraction of sp³-hybridized carbons (Fsp3) is 0.174. The van der Waals surface area contributed by atoms with Gasteiger partial charge in [0.15, 0.2) is 11.2 Å². The molecule has 1 amide bonds. The van der Waals surface area contributed by atoms with Crippen LogP contribution in [-0.4, -0.2) is 54.7 Å². The van der Waals surface area contributed by atoms with Gasteiger partial charge in [0, 0.05) is 43.3 Å². The average Bonchev–Trinajstić information content (AvgIpc) is 3.33. The van der Waals surface area contributed by atoms with Crippen molar-refractivity contribution < 1.29 is 17.9 Å². The Balaban J connectivity index is 1.28. The summed E-state index contributed by atoms with van der Waals surface area (Å²) in [4.78, 5) is 19.5. The van der Waals surface area contributed by atoms with Gasteiger partial charge in [0.1, 0.15) is 4.88 Å². The highest BCUT2D eigenvalue weighted by molar-refractivity contribution is 7.89. The first kappa shape index (κ1) is 22.7. The van der Waals surface area contributed by atoms with Crippen LogP contribution in [0.3, 0.4) is 0 Å². The van der Waals surface area contributed by atoms with Crippen molar-refractivity contribution in [2.24, 2.45) is 0 Å². The van der Waals surface area contributed by atoms with Crippen LogP contribution in [-0.2, 0) is 10.0 Å². The number of halogens is 1. The lowest BCUT2D eigenvalue weighted by Gasteiger charge is -2.33. The minimum absolute atomic E-state index is 0.185. The van der Waals surface area contributed by atoms with E-state index in [1.54, 1.807) is 59.5 Å². The Hall–Kier alpha value is -3.05. The van der Waals surface area contributed by atoms with E-state index in [1.807, 2.05) is 0 Å². The molecule has 2 aromatic heterocycles. The second kappa shape index (κ2) is 8.95. The standard InChI is InChI=1S/C23H19ClN4O4S2/c24-18-6-4-17-14-19(7-5-16(17)13-18)34(31,32)27-11-9-26(10-12-27)23(29)22-25-15-21(33-22)20-3-1-2-8-28(20)30/h1-8,13-15H,9-12H2. The second-order valence-electron chi connectivity index (χ2n) is 7.79. The maximum atomic E-state index is 13.2. The van der Waals surface area contributed by atoms with Crippen LogP contribution in [0.2, 0.25) is 5.02 Å². The predicted molar refractivity (Wildman–Crippen MR) is 130 cm³/mol. The Morgan fingerprint density at radius 3 is 2.53 bits per heavy atom. The Bertz CT molecular complexity index is 1500. The summed E-state index contributed by atoms with van der Waals surface area (Å²) in [6, 6.07) is 15.3. The fourth-order valence-corrected chi connectivity index (χ4v) is 6.42. The Morgan fingerprint density at radius 2 is 1.76 bits per heavy atom. The molecule has 0 spiro atoms. The number of carbonyl (C=O) groups is 1. The van der Waals surface area contributed by atoms with Gasteiger partial charge in [0.25, 0.3) is 5.91 Å². The fourth-order valence-electron chi connectivity index (χ4n) is 3.88. The quantitative estimate of drug-likeness (QED) is 0.307. The molecule has 2 aromatic carbocycles. The number of benzene rings is 2. The molecular formula is C23H19ClN4O4S2. The van der Waals surface area contributed by atoms with Crippen LogP contribution in [0.1, 0.15) is 9.80 Å². The summed E-state index contributed by atoms with van der Waals surface area (Å²) >= 11 is 7.16. The lowest BCUT2D eigenvalue weighted by molar-refractivity contribution is -0.593. The van der Waals surface area contributed by atoms with Gasteiger partial charge in [-0.1, -0.05) is 23.7 Å². The highest BCUT2D eigenvalue weighted by Gasteiger charge is 2.31. The summed E-state index contributed by atoms with van der Waals surface area (Å²) in [5.41, 5.74) is 0.424. The van der Waals surface area contributed by atoms with Crippen molar-refractivity contribution in [1.82, 2.24) is 14.2 Å². The van der Waals surface area contributed by atoms with Crippen LogP contribution in [0.4, 0.5) is 0 Å². The van der Waals surface area contributed by atoms with Crippen molar-refractivity contribution in [3.05, 3.63) is 82.2 Å². The van der Waals surface area contributed by atoms with Crippen molar-refractivity contribution in [1.29, 1.82) is 0 Å². The normalized spacial score (nSPS) is 15.0. The summed E-state index contributed by atoms with van der Waals surface area (Å²) in [5, 5.41) is 14.5. The maximum Gasteiger partial charge on any atom is 0.282 e. The minimum atomic E-state index is -3.70. The van der Waals surface area contributed by atoms with Gasteiger partial charge in [0.05, 0.1) is 11.1 Å². The van der Waals surface area contributed by atoms with Crippen molar-refractivity contribution in [3.8, 4) is 10.6 Å². The highest BCUT2D eigenvalue weighted by atomic mass is 35.5. The van der Waals surface area contributed by atoms with Crippen LogP contribution >= 0.6 is 22.9 Å². The third-order valence-electron chi connectivity index (χ3n) is 5.70. The van der Waals surface area contributed by atoms with Gasteiger partial charge in [-0.25, -0.2) is 13.4 Å². The van der Waals surface area contributed by atoms with E-state index in [9.17, 15) is 18.4 Å². The number of carbonyl (C=O) groups excluding carboxylic acids is 1. The number of aromatic nitrogens is 2. The first-order chi connectivity index (χ1) is 16.3. The number of thiazole rings is 1. The number of amides is 1. The molecule has 34 heavy (non-hydrogen) atoms. The summed E-state index contributed by atoms with van der Waals surface area (Å²) in [6.45, 7) is 0.876. The van der Waals surface area contributed by atoms with E-state index in [2.05, 4.69) is 4.98 Å². The molecule has 0 atom stereocenters. The largest absolute Gasteiger partial charge is 0.618 e. The molecule has 0 saturated carbocycles. The third-order valence-corrected chi connectivity index (χ3v) is 8.84. The van der Waals surface area contributed by atoms with Crippen LogP contribution in [0.5, 0.6) is 0 Å². The number of hydrogen-bond acceptors (Lipinski definition) is 6. The number of rotatable bonds is 4.